The van der Waals surface area contributed by atoms with Crippen LogP contribution in [0, 0.1) is 6.20 Å². The summed E-state index contributed by atoms with van der Waals surface area (Å²) in [7, 11) is 0. The first-order valence-electron chi connectivity index (χ1n) is 2.48. The maximum Gasteiger partial charge on any atom is 0.419 e. The van der Waals surface area contributed by atoms with Gasteiger partial charge in [-0.1, -0.05) is 11.6 Å². The van der Waals surface area contributed by atoms with E-state index in [1.54, 1.807) is 0 Å². The lowest BCUT2D eigenvalue weighted by atomic mass is 10.3. The highest BCUT2D eigenvalue weighted by Crippen LogP contribution is 2.32. The van der Waals surface area contributed by atoms with E-state index >= 15 is 0 Å². The minimum absolute atomic E-state index is 0.648. The normalized spacial score (nSPS) is 11.6. The molecule has 59 valence electrons. The molecule has 6 heteroatoms. The molecule has 1 rings (SSSR count). The van der Waals surface area contributed by atoms with Crippen LogP contribution in [-0.4, -0.2) is 10.2 Å². The van der Waals surface area contributed by atoms with Gasteiger partial charge in [-0.3, -0.25) is 0 Å². The first kappa shape index (κ1) is 8.26. The van der Waals surface area contributed by atoms with Crippen molar-refractivity contribution in [3.8, 4) is 0 Å². The minimum atomic E-state index is -4.48. The summed E-state index contributed by atoms with van der Waals surface area (Å²) in [5.74, 6) is 0. The lowest BCUT2D eigenvalue weighted by Gasteiger charge is -2.04. The fraction of sp³-hybridized carbons (Fsp3) is 0.200. The van der Waals surface area contributed by atoms with Gasteiger partial charge < -0.3 is 0 Å². The van der Waals surface area contributed by atoms with Crippen molar-refractivity contribution in [2.45, 2.75) is 6.18 Å². The Bertz CT molecular complexity index is 260. The molecule has 0 fully saturated rings. The van der Waals surface area contributed by atoms with Crippen molar-refractivity contribution < 1.29 is 13.2 Å². The maximum atomic E-state index is 11.9. The lowest BCUT2D eigenvalue weighted by Crippen LogP contribution is -2.07. The van der Waals surface area contributed by atoms with Crippen LogP contribution in [0.25, 0.3) is 0 Å². The first-order chi connectivity index (χ1) is 5.02. The van der Waals surface area contributed by atoms with Gasteiger partial charge in [0.05, 0.1) is 5.56 Å². The first-order valence-corrected chi connectivity index (χ1v) is 2.86. The van der Waals surface area contributed by atoms with Crippen LogP contribution in [0.15, 0.2) is 6.07 Å². The number of hydrogen-bond acceptors (Lipinski definition) is 2. The maximum absolute atomic E-state index is 11.9. The van der Waals surface area contributed by atoms with Gasteiger partial charge in [0.2, 0.25) is 0 Å². The number of rotatable bonds is 0. The van der Waals surface area contributed by atoms with Gasteiger partial charge in [0.1, 0.15) is 6.20 Å². The average molecular weight is 182 g/mol. The van der Waals surface area contributed by atoms with Crippen LogP contribution in [0.1, 0.15) is 5.56 Å². The van der Waals surface area contributed by atoms with Gasteiger partial charge >= 0.3 is 6.18 Å². The van der Waals surface area contributed by atoms with Crippen molar-refractivity contribution in [3.05, 3.63) is 23.0 Å². The number of aromatic nitrogens is 2. The monoisotopic (exact) mass is 181 g/mol. The van der Waals surface area contributed by atoms with Crippen molar-refractivity contribution >= 4 is 11.6 Å². The standard InChI is InChI=1S/C5HClF3N2/c6-4-3(5(7,8)9)1-2-10-11-4/h1H. The zero-order chi connectivity index (χ0) is 8.48. The van der Waals surface area contributed by atoms with E-state index in [-0.39, 0.29) is 0 Å². The van der Waals surface area contributed by atoms with E-state index in [9.17, 15) is 13.2 Å². The molecule has 2 nitrogen and oxygen atoms in total. The Morgan fingerprint density at radius 3 is 2.45 bits per heavy atom. The predicted octanol–water partition coefficient (Wildman–Crippen LogP) is 1.95. The summed E-state index contributed by atoms with van der Waals surface area (Å²) in [6, 6.07) is 0.648. The molecule has 0 N–H and O–H groups in total. The molecule has 0 unspecified atom stereocenters. The van der Waals surface area contributed by atoms with Crippen molar-refractivity contribution in [2.75, 3.05) is 0 Å². The quantitative estimate of drug-likeness (QED) is 0.611. The Morgan fingerprint density at radius 2 is 2.09 bits per heavy atom. The highest BCUT2D eigenvalue weighted by atomic mass is 35.5. The molecule has 0 saturated heterocycles. The summed E-state index contributed by atoms with van der Waals surface area (Å²) in [4.78, 5) is 0. The van der Waals surface area contributed by atoms with Crippen LogP contribution < -0.4 is 0 Å². The second-order valence-electron chi connectivity index (χ2n) is 1.68. The molecule has 0 aliphatic carbocycles. The van der Waals surface area contributed by atoms with Crippen LogP contribution in [0.2, 0.25) is 5.15 Å². The van der Waals surface area contributed by atoms with Gasteiger partial charge in [0.15, 0.2) is 5.15 Å². The minimum Gasteiger partial charge on any atom is -0.166 e. The van der Waals surface area contributed by atoms with E-state index in [0.717, 1.165) is 0 Å². The Balaban J connectivity index is 3.14. The average Bonchev–Trinajstić information content (AvgIpc) is 1.86. The fourth-order valence-corrected chi connectivity index (χ4v) is 0.678. The highest BCUT2D eigenvalue weighted by molar-refractivity contribution is 6.30. The zero-order valence-corrected chi connectivity index (χ0v) is 5.74. The van der Waals surface area contributed by atoms with Crippen LogP contribution in [-0.2, 0) is 6.18 Å². The molecule has 0 spiro atoms. The van der Waals surface area contributed by atoms with Gasteiger partial charge in [-0.15, -0.1) is 10.2 Å². The second-order valence-corrected chi connectivity index (χ2v) is 2.03. The van der Waals surface area contributed by atoms with Crippen LogP contribution in [0.3, 0.4) is 0 Å². The molecule has 1 radical (unpaired) electrons. The summed E-state index contributed by atoms with van der Waals surface area (Å²) in [6.45, 7) is 0. The molecule has 1 heterocycles. The van der Waals surface area contributed by atoms with E-state index in [0.29, 0.717) is 6.07 Å². The summed E-state index contributed by atoms with van der Waals surface area (Å²) >= 11 is 5.10. The molecule has 0 amide bonds. The van der Waals surface area contributed by atoms with Crippen molar-refractivity contribution in [3.63, 3.8) is 0 Å². The third kappa shape index (κ3) is 1.80. The Morgan fingerprint density at radius 1 is 1.45 bits per heavy atom. The Kier molecular flexibility index (Phi) is 1.99. The van der Waals surface area contributed by atoms with E-state index in [4.69, 9.17) is 11.6 Å². The van der Waals surface area contributed by atoms with E-state index in [1.807, 2.05) is 6.20 Å². The molecule has 1 aromatic rings. The van der Waals surface area contributed by atoms with E-state index < -0.39 is 16.9 Å². The molecule has 11 heavy (non-hydrogen) atoms. The number of nitrogens with zero attached hydrogens (tertiary/aromatic N) is 2. The summed E-state index contributed by atoms with van der Waals surface area (Å²) in [6.07, 6.45) is -2.54. The third-order valence-corrected chi connectivity index (χ3v) is 1.21. The molecule has 0 aliphatic heterocycles. The summed E-state index contributed by atoms with van der Waals surface area (Å²) < 4.78 is 35.6. The number of hydrogen-bond donors (Lipinski definition) is 0. The molecule has 1 aromatic heterocycles. The van der Waals surface area contributed by atoms with Gasteiger partial charge in [-0.05, 0) is 6.07 Å². The molecule has 0 saturated carbocycles. The van der Waals surface area contributed by atoms with Crippen LogP contribution in [0.4, 0.5) is 13.2 Å². The van der Waals surface area contributed by atoms with Gasteiger partial charge in [-0.25, -0.2) is 0 Å². The third-order valence-electron chi connectivity index (χ3n) is 0.932. The molecular formula is C5HClF3N2. The smallest absolute Gasteiger partial charge is 0.166 e. The zero-order valence-electron chi connectivity index (χ0n) is 4.98. The van der Waals surface area contributed by atoms with Crippen molar-refractivity contribution in [1.82, 2.24) is 10.2 Å². The van der Waals surface area contributed by atoms with Gasteiger partial charge in [0, 0.05) is 0 Å². The highest BCUT2D eigenvalue weighted by Gasteiger charge is 2.33. The predicted molar refractivity (Wildman–Crippen MR) is 30.9 cm³/mol. The largest absolute Gasteiger partial charge is 0.419 e. The molecular weight excluding hydrogens is 181 g/mol. The Labute approximate surface area is 65.0 Å². The molecule has 0 aliphatic rings. The van der Waals surface area contributed by atoms with Crippen LogP contribution >= 0.6 is 11.6 Å². The van der Waals surface area contributed by atoms with Gasteiger partial charge in [-0.2, -0.15) is 13.2 Å². The SMILES string of the molecule is FC(F)(F)c1c[c]nnc1Cl. The molecule has 0 aromatic carbocycles. The van der Waals surface area contributed by atoms with Crippen molar-refractivity contribution in [2.24, 2.45) is 0 Å². The molecule has 0 atom stereocenters. The number of halogens is 4. The summed E-state index contributed by atoms with van der Waals surface area (Å²) in [5.41, 5.74) is -1.02. The van der Waals surface area contributed by atoms with E-state index in [1.165, 1.54) is 0 Å². The number of alkyl halides is 3. The fourth-order valence-electron chi connectivity index (χ4n) is 0.478. The Hall–Kier alpha value is -0.840. The van der Waals surface area contributed by atoms with Crippen molar-refractivity contribution in [1.29, 1.82) is 0 Å². The van der Waals surface area contributed by atoms with Gasteiger partial charge in [0.25, 0.3) is 0 Å². The second kappa shape index (κ2) is 2.65. The lowest BCUT2D eigenvalue weighted by molar-refractivity contribution is -0.137. The van der Waals surface area contributed by atoms with E-state index in [2.05, 4.69) is 10.2 Å². The molecule has 0 bridgehead atoms. The summed E-state index contributed by atoms with van der Waals surface area (Å²) in [5, 5.41) is 5.38. The van der Waals surface area contributed by atoms with Crippen LogP contribution in [0.5, 0.6) is 0 Å². The topological polar surface area (TPSA) is 25.8 Å².